The summed E-state index contributed by atoms with van der Waals surface area (Å²) in [5.41, 5.74) is 0. The van der Waals surface area contributed by atoms with Gasteiger partial charge in [0.1, 0.15) is 0 Å². The van der Waals surface area contributed by atoms with Gasteiger partial charge < -0.3 is 4.90 Å². The normalized spacial score (nSPS) is 9.92. The second-order valence-electron chi connectivity index (χ2n) is 2.64. The van der Waals surface area contributed by atoms with Gasteiger partial charge in [0.25, 0.3) is 0 Å². The number of anilines is 1. The van der Waals surface area contributed by atoms with Crippen LogP contribution in [0.25, 0.3) is 0 Å². The molecule has 66 valence electrons. The molecule has 0 fully saturated rings. The van der Waals surface area contributed by atoms with E-state index in [1.165, 1.54) is 0 Å². The first kappa shape index (κ1) is 9.26. The SMILES string of the molecule is CCCN(C)c1ccc(Cl)nn1. The Kier molecular flexibility index (Phi) is 3.29. The molecule has 12 heavy (non-hydrogen) atoms. The summed E-state index contributed by atoms with van der Waals surface area (Å²) in [5.74, 6) is 0.862. The second kappa shape index (κ2) is 4.26. The van der Waals surface area contributed by atoms with Gasteiger partial charge in [-0.3, -0.25) is 0 Å². The maximum absolute atomic E-state index is 5.60. The van der Waals surface area contributed by atoms with Crippen molar-refractivity contribution in [3.63, 3.8) is 0 Å². The van der Waals surface area contributed by atoms with Gasteiger partial charge in [-0.15, -0.1) is 10.2 Å². The molecule has 1 aromatic rings. The molecule has 0 unspecified atom stereocenters. The zero-order valence-corrected chi connectivity index (χ0v) is 8.04. The van der Waals surface area contributed by atoms with Crippen molar-refractivity contribution in [2.75, 3.05) is 18.5 Å². The van der Waals surface area contributed by atoms with Crippen molar-refractivity contribution in [2.45, 2.75) is 13.3 Å². The summed E-state index contributed by atoms with van der Waals surface area (Å²) < 4.78 is 0. The third-order valence-electron chi connectivity index (χ3n) is 1.57. The van der Waals surface area contributed by atoms with Crippen molar-refractivity contribution in [3.8, 4) is 0 Å². The van der Waals surface area contributed by atoms with Crippen LogP contribution in [-0.4, -0.2) is 23.8 Å². The molecule has 0 aromatic carbocycles. The van der Waals surface area contributed by atoms with Gasteiger partial charge in [-0.2, -0.15) is 0 Å². The molecule has 0 atom stereocenters. The molecule has 0 N–H and O–H groups in total. The molecule has 1 aromatic heterocycles. The lowest BCUT2D eigenvalue weighted by Gasteiger charge is -2.15. The van der Waals surface area contributed by atoms with Crippen molar-refractivity contribution < 1.29 is 0 Å². The lowest BCUT2D eigenvalue weighted by Crippen LogP contribution is -2.19. The first-order valence-electron chi connectivity index (χ1n) is 3.94. The van der Waals surface area contributed by atoms with Crippen molar-refractivity contribution in [2.24, 2.45) is 0 Å². The van der Waals surface area contributed by atoms with Gasteiger partial charge in [0.2, 0.25) is 0 Å². The van der Waals surface area contributed by atoms with E-state index in [0.717, 1.165) is 18.8 Å². The van der Waals surface area contributed by atoms with Gasteiger partial charge in [-0.1, -0.05) is 18.5 Å². The van der Waals surface area contributed by atoms with E-state index in [-0.39, 0.29) is 0 Å². The van der Waals surface area contributed by atoms with E-state index in [4.69, 9.17) is 11.6 Å². The summed E-state index contributed by atoms with van der Waals surface area (Å²) in [6, 6.07) is 3.61. The molecular formula is C8H12ClN3. The average Bonchev–Trinajstić information content (AvgIpc) is 2.06. The van der Waals surface area contributed by atoms with Crippen molar-refractivity contribution in [1.82, 2.24) is 10.2 Å². The first-order valence-corrected chi connectivity index (χ1v) is 4.32. The van der Waals surface area contributed by atoms with Gasteiger partial charge >= 0.3 is 0 Å². The zero-order chi connectivity index (χ0) is 8.97. The monoisotopic (exact) mass is 185 g/mol. The van der Waals surface area contributed by atoms with Crippen molar-refractivity contribution in [3.05, 3.63) is 17.3 Å². The lowest BCUT2D eigenvalue weighted by atomic mass is 10.4. The Morgan fingerprint density at radius 3 is 2.67 bits per heavy atom. The molecule has 0 aliphatic carbocycles. The third kappa shape index (κ3) is 2.34. The van der Waals surface area contributed by atoms with Crippen molar-refractivity contribution >= 4 is 17.4 Å². The summed E-state index contributed by atoms with van der Waals surface area (Å²) in [5, 5.41) is 8.13. The Hall–Kier alpha value is -0.830. The maximum atomic E-state index is 5.60. The smallest absolute Gasteiger partial charge is 0.151 e. The summed E-state index contributed by atoms with van der Waals surface area (Å²) >= 11 is 5.60. The van der Waals surface area contributed by atoms with Crippen LogP contribution in [0.1, 0.15) is 13.3 Å². The highest BCUT2D eigenvalue weighted by Crippen LogP contribution is 2.09. The summed E-state index contributed by atoms with van der Waals surface area (Å²) in [6.07, 6.45) is 1.10. The fourth-order valence-corrected chi connectivity index (χ4v) is 1.06. The zero-order valence-electron chi connectivity index (χ0n) is 7.29. The van der Waals surface area contributed by atoms with Crippen LogP contribution < -0.4 is 4.90 Å². The summed E-state index contributed by atoms with van der Waals surface area (Å²) in [4.78, 5) is 2.04. The van der Waals surface area contributed by atoms with Gasteiger partial charge in [0.15, 0.2) is 11.0 Å². The minimum absolute atomic E-state index is 0.434. The predicted octanol–water partition coefficient (Wildman–Crippen LogP) is 1.98. The van der Waals surface area contributed by atoms with Crippen LogP contribution in [0.4, 0.5) is 5.82 Å². The Bertz CT molecular complexity index is 235. The quantitative estimate of drug-likeness (QED) is 0.721. The van der Waals surface area contributed by atoms with Crippen LogP contribution in [-0.2, 0) is 0 Å². The molecule has 1 heterocycles. The van der Waals surface area contributed by atoms with E-state index >= 15 is 0 Å². The highest BCUT2D eigenvalue weighted by molar-refractivity contribution is 6.29. The largest absolute Gasteiger partial charge is 0.358 e. The molecular weight excluding hydrogens is 174 g/mol. The van der Waals surface area contributed by atoms with E-state index in [1.807, 2.05) is 18.0 Å². The second-order valence-corrected chi connectivity index (χ2v) is 3.02. The lowest BCUT2D eigenvalue weighted by molar-refractivity contribution is 0.821. The maximum Gasteiger partial charge on any atom is 0.151 e. The Morgan fingerprint density at radius 2 is 2.17 bits per heavy atom. The van der Waals surface area contributed by atoms with Crippen LogP contribution in [0.15, 0.2) is 12.1 Å². The molecule has 1 rings (SSSR count). The Morgan fingerprint density at radius 1 is 1.42 bits per heavy atom. The van der Waals surface area contributed by atoms with E-state index < -0.39 is 0 Å². The van der Waals surface area contributed by atoms with E-state index in [2.05, 4.69) is 17.1 Å². The molecule has 0 saturated carbocycles. The highest BCUT2D eigenvalue weighted by atomic mass is 35.5. The molecule has 0 radical (unpaired) electrons. The molecule has 0 bridgehead atoms. The van der Waals surface area contributed by atoms with Gasteiger partial charge in [0, 0.05) is 13.6 Å². The molecule has 0 amide bonds. The number of aromatic nitrogens is 2. The fraction of sp³-hybridized carbons (Fsp3) is 0.500. The van der Waals surface area contributed by atoms with E-state index in [1.54, 1.807) is 6.07 Å². The van der Waals surface area contributed by atoms with Crippen LogP contribution in [0.3, 0.4) is 0 Å². The number of rotatable bonds is 3. The Labute approximate surface area is 77.4 Å². The van der Waals surface area contributed by atoms with Gasteiger partial charge in [0.05, 0.1) is 0 Å². The third-order valence-corrected chi connectivity index (χ3v) is 1.77. The number of hydrogen-bond acceptors (Lipinski definition) is 3. The van der Waals surface area contributed by atoms with Crippen LogP contribution in [0.5, 0.6) is 0 Å². The molecule has 4 heteroatoms. The van der Waals surface area contributed by atoms with Crippen LogP contribution in [0, 0.1) is 0 Å². The molecule has 0 aliphatic heterocycles. The fourth-order valence-electron chi connectivity index (χ4n) is 0.963. The molecule has 0 spiro atoms. The van der Waals surface area contributed by atoms with Crippen LogP contribution in [0.2, 0.25) is 5.15 Å². The molecule has 0 saturated heterocycles. The number of hydrogen-bond donors (Lipinski definition) is 0. The topological polar surface area (TPSA) is 29.0 Å². The first-order chi connectivity index (χ1) is 5.74. The average molecular weight is 186 g/mol. The predicted molar refractivity (Wildman–Crippen MR) is 50.6 cm³/mol. The summed E-state index contributed by atoms with van der Waals surface area (Å²) in [7, 11) is 1.99. The standard InChI is InChI=1S/C8H12ClN3/c1-3-6-12(2)8-5-4-7(9)10-11-8/h4-5H,3,6H2,1-2H3. The number of halogens is 1. The minimum atomic E-state index is 0.434. The van der Waals surface area contributed by atoms with E-state index in [9.17, 15) is 0 Å². The van der Waals surface area contributed by atoms with Gasteiger partial charge in [-0.25, -0.2) is 0 Å². The van der Waals surface area contributed by atoms with E-state index in [0.29, 0.717) is 5.15 Å². The van der Waals surface area contributed by atoms with Crippen LogP contribution >= 0.6 is 11.6 Å². The number of nitrogens with zero attached hydrogens (tertiary/aromatic N) is 3. The minimum Gasteiger partial charge on any atom is -0.358 e. The van der Waals surface area contributed by atoms with Crippen molar-refractivity contribution in [1.29, 1.82) is 0 Å². The Balaban J connectivity index is 2.68. The highest BCUT2D eigenvalue weighted by Gasteiger charge is 2.00. The molecule has 0 aliphatic rings. The molecule has 3 nitrogen and oxygen atoms in total. The summed E-state index contributed by atoms with van der Waals surface area (Å²) in [6.45, 7) is 3.11. The van der Waals surface area contributed by atoms with Gasteiger partial charge in [-0.05, 0) is 18.6 Å².